The quantitative estimate of drug-likeness (QED) is 0.140. The Labute approximate surface area is 280 Å². The van der Waals surface area contributed by atoms with Gasteiger partial charge in [0, 0.05) is 48.0 Å². The van der Waals surface area contributed by atoms with Gasteiger partial charge in [-0.15, -0.1) is 11.3 Å². The molecule has 0 aliphatic heterocycles. The molecule has 47 heavy (non-hydrogen) atoms. The number of carbonyl (C=O) groups excluding carboxylic acids is 3. The van der Waals surface area contributed by atoms with Crippen molar-refractivity contribution in [2.24, 2.45) is 0 Å². The second kappa shape index (κ2) is 16.8. The molecule has 0 radical (unpaired) electrons. The van der Waals surface area contributed by atoms with Crippen LogP contribution in [0.5, 0.6) is 0 Å². The van der Waals surface area contributed by atoms with E-state index in [-0.39, 0.29) is 24.3 Å². The predicted molar refractivity (Wildman–Crippen MR) is 185 cm³/mol. The van der Waals surface area contributed by atoms with Gasteiger partial charge in [-0.3, -0.25) is 14.9 Å². The van der Waals surface area contributed by atoms with Crippen molar-refractivity contribution in [3.8, 4) is 0 Å². The molecule has 4 aromatic rings. The zero-order chi connectivity index (χ0) is 33.9. The molecule has 4 N–H and O–H groups in total. The summed E-state index contributed by atoms with van der Waals surface area (Å²) in [7, 11) is 3.03. The van der Waals surface area contributed by atoms with Crippen LogP contribution < -0.4 is 16.0 Å². The lowest BCUT2D eigenvalue weighted by molar-refractivity contribution is 0.0784. The fraction of sp³-hybridized carbons (Fsp3) is 0.333. The molecule has 1 aromatic heterocycles. The number of anilines is 1. The highest BCUT2D eigenvalue weighted by atomic mass is 32.1. The number of nitrogens with zero attached hydrogens (tertiary/aromatic N) is 2. The van der Waals surface area contributed by atoms with E-state index in [9.17, 15) is 19.5 Å². The highest BCUT2D eigenvalue weighted by Crippen LogP contribution is 2.22. The Bertz CT molecular complexity index is 1660. The number of thiazole rings is 1. The number of aliphatic hydroxyl groups excluding tert-OH is 1. The number of hydrogen-bond donors (Lipinski definition) is 4. The standard InChI is InChI=1S/C36H43N5O5S/c1-23(2)29-14-26(15-30(18-29)39-36(45)46-5)19-37-20-32(42)31(16-25-10-7-6-8-11-25)40-34(43)27-12-9-13-28(17-27)35(44)41(4)21-33-38-24(3)22-47-33/h6-15,17-18,22-23,31-32,37,42H,16,19-21H2,1-5H3,(H,39,45)(H,40,43). The molecule has 0 fully saturated rings. The van der Waals surface area contributed by atoms with Gasteiger partial charge in [0.1, 0.15) is 5.01 Å². The summed E-state index contributed by atoms with van der Waals surface area (Å²) in [6.45, 7) is 7.05. The van der Waals surface area contributed by atoms with Crippen LogP contribution in [0.4, 0.5) is 10.5 Å². The van der Waals surface area contributed by atoms with Crippen molar-refractivity contribution in [3.63, 3.8) is 0 Å². The van der Waals surface area contributed by atoms with Crippen LogP contribution >= 0.6 is 11.3 Å². The van der Waals surface area contributed by atoms with E-state index < -0.39 is 18.2 Å². The molecule has 2 unspecified atom stereocenters. The van der Waals surface area contributed by atoms with Crippen LogP contribution in [0, 0.1) is 6.92 Å². The molecule has 0 spiro atoms. The summed E-state index contributed by atoms with van der Waals surface area (Å²) < 4.78 is 4.74. The number of aryl methyl sites for hydroxylation is 1. The van der Waals surface area contributed by atoms with Crippen LogP contribution in [0.2, 0.25) is 0 Å². The van der Waals surface area contributed by atoms with E-state index in [1.165, 1.54) is 18.4 Å². The Morgan fingerprint density at radius 2 is 1.72 bits per heavy atom. The third-order valence-corrected chi connectivity index (χ3v) is 8.58. The second-order valence-corrected chi connectivity index (χ2v) is 12.8. The summed E-state index contributed by atoms with van der Waals surface area (Å²) in [6, 6.07) is 21.4. The van der Waals surface area contributed by atoms with Crippen LogP contribution in [0.1, 0.15) is 67.9 Å². The van der Waals surface area contributed by atoms with Crippen molar-refractivity contribution in [2.45, 2.75) is 58.3 Å². The minimum absolute atomic E-state index is 0.197. The molecule has 3 aromatic carbocycles. The summed E-state index contributed by atoms with van der Waals surface area (Å²) in [5, 5.41) is 23.1. The maximum absolute atomic E-state index is 13.5. The summed E-state index contributed by atoms with van der Waals surface area (Å²) in [4.78, 5) is 44.5. The van der Waals surface area contributed by atoms with Crippen LogP contribution in [0.3, 0.4) is 0 Å². The van der Waals surface area contributed by atoms with Gasteiger partial charge in [-0.25, -0.2) is 9.78 Å². The number of methoxy groups -OCH3 is 1. The van der Waals surface area contributed by atoms with Crippen molar-refractivity contribution < 1.29 is 24.2 Å². The molecule has 0 saturated heterocycles. The highest BCUT2D eigenvalue weighted by Gasteiger charge is 2.23. The van der Waals surface area contributed by atoms with E-state index in [0.29, 0.717) is 36.3 Å². The second-order valence-electron chi connectivity index (χ2n) is 11.8. The molecule has 10 nitrogen and oxygen atoms in total. The minimum Gasteiger partial charge on any atom is -0.453 e. The van der Waals surface area contributed by atoms with E-state index >= 15 is 0 Å². The van der Waals surface area contributed by atoms with Crippen molar-refractivity contribution in [2.75, 3.05) is 26.0 Å². The molecule has 0 aliphatic rings. The monoisotopic (exact) mass is 657 g/mol. The smallest absolute Gasteiger partial charge is 0.411 e. The molecule has 2 atom stereocenters. The predicted octanol–water partition coefficient (Wildman–Crippen LogP) is 5.52. The SMILES string of the molecule is COC(=O)Nc1cc(CNCC(O)C(Cc2ccccc2)NC(=O)c2cccc(C(=O)N(C)Cc3nc(C)cs3)c2)cc(C(C)C)c1. The van der Waals surface area contributed by atoms with Gasteiger partial charge in [-0.05, 0) is 66.3 Å². The van der Waals surface area contributed by atoms with Crippen molar-refractivity contribution in [3.05, 3.63) is 117 Å². The normalized spacial score (nSPS) is 12.3. The topological polar surface area (TPSA) is 133 Å². The molecule has 11 heteroatoms. The molecule has 3 amide bonds. The number of ether oxygens (including phenoxy) is 1. The highest BCUT2D eigenvalue weighted by molar-refractivity contribution is 7.09. The maximum Gasteiger partial charge on any atom is 0.411 e. The minimum atomic E-state index is -0.933. The Morgan fingerprint density at radius 3 is 2.40 bits per heavy atom. The Morgan fingerprint density at radius 1 is 0.979 bits per heavy atom. The fourth-order valence-corrected chi connectivity index (χ4v) is 5.89. The van der Waals surface area contributed by atoms with E-state index in [1.807, 2.05) is 54.8 Å². The number of aliphatic hydroxyl groups is 1. The first-order valence-corrected chi connectivity index (χ1v) is 16.4. The number of amides is 3. The number of aromatic nitrogens is 1. The van der Waals surface area contributed by atoms with Crippen molar-refractivity contribution >= 4 is 34.9 Å². The number of rotatable bonds is 14. The Kier molecular flexibility index (Phi) is 12.6. The van der Waals surface area contributed by atoms with Crippen LogP contribution in [-0.2, 0) is 24.2 Å². The Hall–Kier alpha value is -4.58. The molecular weight excluding hydrogens is 614 g/mol. The average molecular weight is 658 g/mol. The zero-order valence-electron chi connectivity index (χ0n) is 27.4. The summed E-state index contributed by atoms with van der Waals surface area (Å²) >= 11 is 1.50. The van der Waals surface area contributed by atoms with Gasteiger partial charge < -0.3 is 25.4 Å². The van der Waals surface area contributed by atoms with E-state index in [2.05, 4.69) is 40.8 Å². The van der Waals surface area contributed by atoms with Crippen molar-refractivity contribution in [1.82, 2.24) is 20.5 Å². The summed E-state index contributed by atoms with van der Waals surface area (Å²) in [6.07, 6.45) is -1.08. The summed E-state index contributed by atoms with van der Waals surface area (Å²) in [5.41, 5.74) is 5.19. The van der Waals surface area contributed by atoms with E-state index in [4.69, 9.17) is 4.74 Å². The first kappa shape index (κ1) is 35.3. The molecular formula is C36H43N5O5S. The Balaban J connectivity index is 1.44. The van der Waals surface area contributed by atoms with E-state index in [0.717, 1.165) is 27.4 Å². The molecule has 4 rings (SSSR count). The molecule has 0 bridgehead atoms. The maximum atomic E-state index is 13.5. The van der Waals surface area contributed by atoms with Crippen LogP contribution in [0.25, 0.3) is 0 Å². The lowest BCUT2D eigenvalue weighted by Gasteiger charge is -2.25. The van der Waals surface area contributed by atoms with Crippen LogP contribution in [-0.4, -0.2) is 65.7 Å². The van der Waals surface area contributed by atoms with Gasteiger partial charge >= 0.3 is 6.09 Å². The van der Waals surface area contributed by atoms with Gasteiger partial charge in [0.25, 0.3) is 11.8 Å². The van der Waals surface area contributed by atoms with Crippen molar-refractivity contribution in [1.29, 1.82) is 0 Å². The third kappa shape index (κ3) is 10.5. The average Bonchev–Trinajstić information content (AvgIpc) is 3.48. The fourth-order valence-electron chi connectivity index (χ4n) is 5.07. The van der Waals surface area contributed by atoms with E-state index in [1.54, 1.807) is 36.2 Å². The molecule has 248 valence electrons. The van der Waals surface area contributed by atoms with Gasteiger partial charge in [0.15, 0.2) is 0 Å². The number of carbonyl (C=O) groups is 3. The largest absolute Gasteiger partial charge is 0.453 e. The zero-order valence-corrected chi connectivity index (χ0v) is 28.3. The molecule has 0 saturated carbocycles. The van der Waals surface area contributed by atoms with Gasteiger partial charge in [0.05, 0.1) is 25.8 Å². The number of hydrogen-bond acceptors (Lipinski definition) is 8. The number of benzene rings is 3. The first-order chi connectivity index (χ1) is 22.5. The number of nitrogens with one attached hydrogen (secondary N) is 3. The van der Waals surface area contributed by atoms with Gasteiger partial charge in [0.2, 0.25) is 0 Å². The lowest BCUT2D eigenvalue weighted by atomic mass is 9.99. The first-order valence-electron chi connectivity index (χ1n) is 15.5. The molecule has 0 aliphatic carbocycles. The molecule has 1 heterocycles. The van der Waals surface area contributed by atoms with Crippen LogP contribution in [0.15, 0.2) is 78.2 Å². The van der Waals surface area contributed by atoms with Gasteiger partial charge in [-0.1, -0.05) is 56.3 Å². The lowest BCUT2D eigenvalue weighted by Crippen LogP contribution is -2.48. The summed E-state index contributed by atoms with van der Waals surface area (Å²) in [5.74, 6) is -0.370. The third-order valence-electron chi connectivity index (χ3n) is 7.63. The van der Waals surface area contributed by atoms with Gasteiger partial charge in [-0.2, -0.15) is 0 Å².